The van der Waals surface area contributed by atoms with Gasteiger partial charge in [-0.1, -0.05) is 50.1 Å². The van der Waals surface area contributed by atoms with Gasteiger partial charge in [-0.25, -0.2) is 0 Å². The van der Waals surface area contributed by atoms with Gasteiger partial charge in [-0.05, 0) is 25.8 Å². The van der Waals surface area contributed by atoms with Gasteiger partial charge in [-0.3, -0.25) is 0 Å². The number of likely N-dealkylation sites (N-methyl/N-ethyl adjacent to an activating group) is 1. The Balaban J connectivity index is 2.45. The van der Waals surface area contributed by atoms with Crippen LogP contribution in [0.25, 0.3) is 0 Å². The largest absolute Gasteiger partial charge is 0.632 e. The summed E-state index contributed by atoms with van der Waals surface area (Å²) in [6, 6.07) is -0.307. The first-order valence-corrected chi connectivity index (χ1v) is 7.75. The molecule has 0 aromatic rings. The minimum absolute atomic E-state index is 0.0536. The standard InChI is InChI=1S/C17H29NO2/c1-4-5-6-7-8-9-10-11-12-16-13-14-17(19)15(2)18(16,3)20/h7-12,15-17,19H,4-6,13-14H2,1-3H3/b8-7+,10-9+,12-11+/t15-,16+,17+,18?/m0/s1. The van der Waals surface area contributed by atoms with Crippen LogP contribution in [0.2, 0.25) is 0 Å². The van der Waals surface area contributed by atoms with Crippen molar-refractivity contribution in [2.45, 2.75) is 64.1 Å². The van der Waals surface area contributed by atoms with Gasteiger partial charge < -0.3 is 15.0 Å². The summed E-state index contributed by atoms with van der Waals surface area (Å²) in [7, 11) is 1.66. The molecule has 0 aromatic carbocycles. The van der Waals surface area contributed by atoms with Crippen LogP contribution < -0.4 is 0 Å². The summed E-state index contributed by atoms with van der Waals surface area (Å²) in [5.41, 5.74) is 0. The predicted octanol–water partition coefficient (Wildman–Crippen LogP) is 3.70. The molecular weight excluding hydrogens is 250 g/mol. The van der Waals surface area contributed by atoms with Crippen LogP contribution in [0.15, 0.2) is 36.5 Å². The molecule has 1 aliphatic heterocycles. The molecule has 1 saturated heterocycles. The van der Waals surface area contributed by atoms with Gasteiger partial charge in [0.05, 0.1) is 7.05 Å². The molecule has 3 nitrogen and oxygen atoms in total. The first kappa shape index (κ1) is 17.2. The molecule has 1 N–H and O–H groups in total. The van der Waals surface area contributed by atoms with Crippen LogP contribution in [-0.2, 0) is 0 Å². The molecule has 1 fully saturated rings. The van der Waals surface area contributed by atoms with Crippen molar-refractivity contribution in [2.24, 2.45) is 0 Å². The Bertz CT molecular complexity index is 358. The van der Waals surface area contributed by atoms with Gasteiger partial charge in [-0.15, -0.1) is 0 Å². The molecule has 1 rings (SSSR count). The Kier molecular flexibility index (Phi) is 7.20. The molecular formula is C17H29NO2. The molecule has 114 valence electrons. The maximum atomic E-state index is 12.5. The van der Waals surface area contributed by atoms with E-state index < -0.39 is 6.10 Å². The summed E-state index contributed by atoms with van der Waals surface area (Å²) >= 11 is 0. The van der Waals surface area contributed by atoms with E-state index in [-0.39, 0.29) is 16.7 Å². The van der Waals surface area contributed by atoms with Crippen LogP contribution >= 0.6 is 0 Å². The molecule has 0 radical (unpaired) electrons. The van der Waals surface area contributed by atoms with Crippen molar-refractivity contribution >= 4 is 0 Å². The second-order valence-corrected chi connectivity index (χ2v) is 5.85. The van der Waals surface area contributed by atoms with Gasteiger partial charge in [0.25, 0.3) is 0 Å². The zero-order chi connectivity index (χ0) is 15.0. The number of hydroxylamine groups is 3. The second-order valence-electron chi connectivity index (χ2n) is 5.85. The van der Waals surface area contributed by atoms with Crippen LogP contribution in [0.1, 0.15) is 46.0 Å². The number of nitrogens with zero attached hydrogens (tertiary/aromatic N) is 1. The van der Waals surface area contributed by atoms with Crippen molar-refractivity contribution in [1.29, 1.82) is 0 Å². The number of hydrogen-bond donors (Lipinski definition) is 1. The summed E-state index contributed by atoms with van der Waals surface area (Å²) in [4.78, 5) is 0. The quantitative estimate of drug-likeness (QED) is 0.349. The molecule has 0 saturated carbocycles. The van der Waals surface area contributed by atoms with Crippen molar-refractivity contribution in [3.8, 4) is 0 Å². The monoisotopic (exact) mass is 279 g/mol. The lowest BCUT2D eigenvalue weighted by Gasteiger charge is -2.53. The van der Waals surface area contributed by atoms with Crippen molar-refractivity contribution in [2.75, 3.05) is 7.05 Å². The molecule has 0 aromatic heterocycles. The average molecular weight is 279 g/mol. The lowest BCUT2D eigenvalue weighted by molar-refractivity contribution is -0.911. The summed E-state index contributed by atoms with van der Waals surface area (Å²) in [5.74, 6) is 0. The Morgan fingerprint density at radius 1 is 1.20 bits per heavy atom. The van der Waals surface area contributed by atoms with E-state index in [1.165, 1.54) is 12.8 Å². The molecule has 4 atom stereocenters. The topological polar surface area (TPSA) is 43.3 Å². The first-order chi connectivity index (χ1) is 9.50. The van der Waals surface area contributed by atoms with Gasteiger partial charge in [0.2, 0.25) is 0 Å². The van der Waals surface area contributed by atoms with Gasteiger partial charge in [0, 0.05) is 6.42 Å². The Morgan fingerprint density at radius 3 is 2.60 bits per heavy atom. The summed E-state index contributed by atoms with van der Waals surface area (Å²) in [6.07, 6.45) is 16.7. The summed E-state index contributed by atoms with van der Waals surface area (Å²) in [5, 5.41) is 22.3. The smallest absolute Gasteiger partial charge is 0.112 e. The van der Waals surface area contributed by atoms with Crippen molar-refractivity contribution in [1.82, 2.24) is 0 Å². The minimum atomic E-state index is -0.473. The zero-order valence-corrected chi connectivity index (χ0v) is 13.0. The molecule has 1 heterocycles. The van der Waals surface area contributed by atoms with Crippen LogP contribution in [0, 0.1) is 5.21 Å². The second kappa shape index (κ2) is 8.40. The number of likely N-dealkylation sites (tertiary alicyclic amines) is 1. The van der Waals surface area contributed by atoms with Gasteiger partial charge in [0.15, 0.2) is 0 Å². The molecule has 20 heavy (non-hydrogen) atoms. The van der Waals surface area contributed by atoms with Gasteiger partial charge in [0.1, 0.15) is 18.2 Å². The molecule has 3 heteroatoms. The molecule has 0 spiro atoms. The Labute approximate surface area is 123 Å². The van der Waals surface area contributed by atoms with E-state index >= 15 is 0 Å². The summed E-state index contributed by atoms with van der Waals surface area (Å²) < 4.78 is -0.377. The first-order valence-electron chi connectivity index (χ1n) is 7.75. The van der Waals surface area contributed by atoms with Crippen LogP contribution in [0.4, 0.5) is 0 Å². The van der Waals surface area contributed by atoms with Crippen LogP contribution in [-0.4, -0.2) is 35.0 Å². The van der Waals surface area contributed by atoms with Crippen molar-refractivity contribution < 1.29 is 9.75 Å². The number of quaternary nitrogens is 1. The molecule has 1 aliphatic rings. The number of allylic oxidation sites excluding steroid dienone is 5. The number of piperidine rings is 1. The van der Waals surface area contributed by atoms with E-state index in [0.717, 1.165) is 12.8 Å². The molecule has 0 amide bonds. The van der Waals surface area contributed by atoms with E-state index in [9.17, 15) is 10.3 Å². The fourth-order valence-corrected chi connectivity index (χ4v) is 2.57. The number of aliphatic hydroxyl groups excluding tert-OH is 1. The molecule has 1 unspecified atom stereocenters. The maximum absolute atomic E-state index is 12.5. The normalized spacial score (nSPS) is 35.5. The third-order valence-corrected chi connectivity index (χ3v) is 4.31. The number of aliphatic hydroxyl groups is 1. The Hall–Kier alpha value is -0.900. The molecule has 0 bridgehead atoms. The number of unbranched alkanes of at least 4 members (excludes halogenated alkanes) is 2. The fraction of sp³-hybridized carbons (Fsp3) is 0.647. The highest BCUT2D eigenvalue weighted by Gasteiger charge is 2.38. The number of hydrogen-bond acceptors (Lipinski definition) is 2. The number of rotatable bonds is 6. The fourth-order valence-electron chi connectivity index (χ4n) is 2.57. The average Bonchev–Trinajstić information content (AvgIpc) is 2.42. The van der Waals surface area contributed by atoms with Crippen LogP contribution in [0.3, 0.4) is 0 Å². The lowest BCUT2D eigenvalue weighted by atomic mass is 9.93. The van der Waals surface area contributed by atoms with Crippen molar-refractivity contribution in [3.63, 3.8) is 0 Å². The van der Waals surface area contributed by atoms with Gasteiger partial charge >= 0.3 is 0 Å². The Morgan fingerprint density at radius 2 is 1.90 bits per heavy atom. The third kappa shape index (κ3) is 4.89. The maximum Gasteiger partial charge on any atom is 0.112 e. The molecule has 0 aliphatic carbocycles. The van der Waals surface area contributed by atoms with E-state index in [1.54, 1.807) is 7.05 Å². The SMILES string of the molecule is CCCC/C=C/C=C/C=C/[C@@H]1CC[C@@H](O)[C@H](C)[N+]1(C)[O-]. The predicted molar refractivity (Wildman–Crippen MR) is 85.0 cm³/mol. The van der Waals surface area contributed by atoms with Gasteiger partial charge in [-0.2, -0.15) is 0 Å². The van der Waals surface area contributed by atoms with Crippen LogP contribution in [0.5, 0.6) is 0 Å². The van der Waals surface area contributed by atoms with E-state index in [0.29, 0.717) is 6.42 Å². The minimum Gasteiger partial charge on any atom is -0.632 e. The summed E-state index contributed by atoms with van der Waals surface area (Å²) in [6.45, 7) is 4.02. The van der Waals surface area contributed by atoms with E-state index in [2.05, 4.69) is 19.1 Å². The highest BCUT2D eigenvalue weighted by molar-refractivity contribution is 5.12. The highest BCUT2D eigenvalue weighted by Crippen LogP contribution is 2.29. The highest BCUT2D eigenvalue weighted by atomic mass is 16.6. The lowest BCUT2D eigenvalue weighted by Crippen LogP contribution is -2.60. The van der Waals surface area contributed by atoms with E-state index in [4.69, 9.17) is 0 Å². The third-order valence-electron chi connectivity index (χ3n) is 4.31. The van der Waals surface area contributed by atoms with Crippen molar-refractivity contribution in [3.05, 3.63) is 41.7 Å². The zero-order valence-electron chi connectivity index (χ0n) is 13.0. The van der Waals surface area contributed by atoms with E-state index in [1.807, 2.05) is 31.2 Å².